The predicted molar refractivity (Wildman–Crippen MR) is 71.6 cm³/mol. The second-order valence-corrected chi connectivity index (χ2v) is 7.47. The molecular formula is C16H25FO2. The zero-order chi connectivity index (χ0) is 13.7. The van der Waals surface area contributed by atoms with Crippen LogP contribution in [0.1, 0.15) is 51.9 Å². The molecule has 4 fully saturated rings. The highest BCUT2D eigenvalue weighted by atomic mass is 19.1. The van der Waals surface area contributed by atoms with E-state index < -0.39 is 5.67 Å². The zero-order valence-electron chi connectivity index (χ0n) is 12.1. The van der Waals surface area contributed by atoms with Crippen LogP contribution in [0, 0.1) is 23.2 Å². The van der Waals surface area contributed by atoms with Crippen LogP contribution < -0.4 is 0 Å². The largest absolute Gasteiger partial charge is 0.385 e. The molecule has 0 aromatic carbocycles. The molecule has 0 aliphatic heterocycles. The number of ether oxygens (including phenoxy) is 1. The Morgan fingerprint density at radius 1 is 1.21 bits per heavy atom. The lowest BCUT2D eigenvalue weighted by atomic mass is 9.47. The van der Waals surface area contributed by atoms with Gasteiger partial charge in [-0.1, -0.05) is 0 Å². The van der Waals surface area contributed by atoms with Crippen molar-refractivity contribution < 1.29 is 13.9 Å². The van der Waals surface area contributed by atoms with Gasteiger partial charge in [-0.05, 0) is 63.2 Å². The average molecular weight is 268 g/mol. The molecule has 0 N–H and O–H groups in total. The van der Waals surface area contributed by atoms with E-state index in [4.69, 9.17) is 4.74 Å². The lowest BCUT2D eigenvalue weighted by molar-refractivity contribution is -0.156. The van der Waals surface area contributed by atoms with Crippen LogP contribution in [0.15, 0.2) is 0 Å². The molecule has 4 aliphatic carbocycles. The summed E-state index contributed by atoms with van der Waals surface area (Å²) in [4.78, 5) is 12.8. The molecule has 1 atom stereocenters. The van der Waals surface area contributed by atoms with E-state index in [1.165, 1.54) is 26.2 Å². The number of carbonyl (C=O) groups excluding carboxylic acids is 1. The van der Waals surface area contributed by atoms with Crippen LogP contribution in [0.25, 0.3) is 0 Å². The maximum Gasteiger partial charge on any atom is 0.175 e. The van der Waals surface area contributed by atoms with Crippen LogP contribution in [0.2, 0.25) is 0 Å². The van der Waals surface area contributed by atoms with Gasteiger partial charge in [0, 0.05) is 25.6 Å². The Morgan fingerprint density at radius 3 is 2.11 bits per heavy atom. The summed E-state index contributed by atoms with van der Waals surface area (Å²) in [7, 11) is 1.56. The van der Waals surface area contributed by atoms with E-state index in [0.717, 1.165) is 19.3 Å². The molecule has 0 heterocycles. The number of alkyl halides is 1. The number of ketones is 1. The summed E-state index contributed by atoms with van der Waals surface area (Å²) >= 11 is 0. The Labute approximate surface area is 115 Å². The first-order valence-electron chi connectivity index (χ1n) is 7.68. The fourth-order valence-electron chi connectivity index (χ4n) is 5.35. The maximum atomic E-state index is 14.8. The molecule has 4 rings (SSSR count). The van der Waals surface area contributed by atoms with Gasteiger partial charge in [0.2, 0.25) is 0 Å². The van der Waals surface area contributed by atoms with Crippen LogP contribution in [-0.4, -0.2) is 25.2 Å². The molecule has 2 nitrogen and oxygen atoms in total. The van der Waals surface area contributed by atoms with Crippen molar-refractivity contribution >= 4 is 5.78 Å². The number of Topliss-reactive ketones (excluding diaryl/α,β-unsaturated/α-hetero) is 1. The fraction of sp³-hybridized carbons (Fsp3) is 0.938. The lowest BCUT2D eigenvalue weighted by Gasteiger charge is -2.56. The molecule has 4 aliphatic rings. The van der Waals surface area contributed by atoms with Crippen LogP contribution in [0.5, 0.6) is 0 Å². The summed E-state index contributed by atoms with van der Waals surface area (Å²) in [5.41, 5.74) is -2.03. The number of carbonyl (C=O) groups is 1. The van der Waals surface area contributed by atoms with Crippen LogP contribution >= 0.6 is 0 Å². The Hall–Kier alpha value is -0.440. The normalized spacial score (nSPS) is 43.2. The topological polar surface area (TPSA) is 26.3 Å². The van der Waals surface area contributed by atoms with Gasteiger partial charge in [-0.15, -0.1) is 0 Å². The third kappa shape index (κ3) is 2.24. The summed E-state index contributed by atoms with van der Waals surface area (Å²) in [5, 5.41) is 0. The number of methoxy groups -OCH3 is 1. The molecular weight excluding hydrogens is 243 g/mol. The molecule has 3 heteroatoms. The summed E-state index contributed by atoms with van der Waals surface area (Å²) < 4.78 is 19.7. The number of hydrogen-bond acceptors (Lipinski definition) is 2. The van der Waals surface area contributed by atoms with E-state index in [1.54, 1.807) is 7.11 Å². The maximum absolute atomic E-state index is 14.8. The molecule has 19 heavy (non-hydrogen) atoms. The van der Waals surface area contributed by atoms with Crippen molar-refractivity contribution in [3.8, 4) is 0 Å². The first kappa shape index (κ1) is 13.5. The number of hydrogen-bond donors (Lipinski definition) is 0. The minimum Gasteiger partial charge on any atom is -0.385 e. The molecule has 0 amide bonds. The summed E-state index contributed by atoms with van der Waals surface area (Å²) in [6.45, 7) is 1.79. The van der Waals surface area contributed by atoms with Crippen molar-refractivity contribution in [2.45, 2.75) is 57.5 Å². The molecule has 0 saturated heterocycles. The number of rotatable bonds is 5. The highest BCUT2D eigenvalue weighted by molar-refractivity contribution is 5.92. The van der Waals surface area contributed by atoms with Crippen molar-refractivity contribution in [3.05, 3.63) is 0 Å². The van der Waals surface area contributed by atoms with Crippen LogP contribution in [0.4, 0.5) is 4.39 Å². The lowest BCUT2D eigenvalue weighted by Crippen LogP contribution is -2.55. The molecule has 108 valence electrons. The monoisotopic (exact) mass is 268 g/mol. The van der Waals surface area contributed by atoms with Crippen molar-refractivity contribution in [1.29, 1.82) is 0 Å². The smallest absolute Gasteiger partial charge is 0.175 e. The van der Waals surface area contributed by atoms with Crippen molar-refractivity contribution in [2.24, 2.45) is 23.2 Å². The van der Waals surface area contributed by atoms with E-state index in [0.29, 0.717) is 24.4 Å². The van der Waals surface area contributed by atoms with Gasteiger partial charge in [-0.2, -0.15) is 0 Å². The van der Waals surface area contributed by atoms with E-state index in [9.17, 15) is 9.18 Å². The van der Waals surface area contributed by atoms with Crippen LogP contribution in [0.3, 0.4) is 0 Å². The Balaban J connectivity index is 1.79. The highest BCUT2D eigenvalue weighted by Crippen LogP contribution is 2.61. The third-order valence-corrected chi connectivity index (χ3v) is 5.77. The predicted octanol–water partition coefficient (Wildman–Crippen LogP) is 3.54. The van der Waals surface area contributed by atoms with Gasteiger partial charge in [0.05, 0.1) is 0 Å². The third-order valence-electron chi connectivity index (χ3n) is 5.77. The van der Waals surface area contributed by atoms with Gasteiger partial charge >= 0.3 is 0 Å². The van der Waals surface area contributed by atoms with Crippen molar-refractivity contribution in [2.75, 3.05) is 13.7 Å². The van der Waals surface area contributed by atoms with Gasteiger partial charge in [0.25, 0.3) is 0 Å². The van der Waals surface area contributed by atoms with E-state index >= 15 is 0 Å². The van der Waals surface area contributed by atoms with Gasteiger partial charge in [-0.25, -0.2) is 4.39 Å². The first-order valence-corrected chi connectivity index (χ1v) is 7.68. The Morgan fingerprint density at radius 2 is 1.68 bits per heavy atom. The molecule has 1 unspecified atom stereocenters. The van der Waals surface area contributed by atoms with Crippen molar-refractivity contribution in [1.82, 2.24) is 0 Å². The van der Waals surface area contributed by atoms with Gasteiger partial charge in [0.1, 0.15) is 0 Å². The van der Waals surface area contributed by atoms with Gasteiger partial charge in [0.15, 0.2) is 11.5 Å². The Kier molecular flexibility index (Phi) is 3.24. The minimum absolute atomic E-state index is 0.115. The summed E-state index contributed by atoms with van der Waals surface area (Å²) in [6.07, 6.45) is 6.90. The molecule has 0 aromatic heterocycles. The van der Waals surface area contributed by atoms with Crippen LogP contribution in [-0.2, 0) is 9.53 Å². The van der Waals surface area contributed by atoms with Gasteiger partial charge in [-0.3, -0.25) is 4.79 Å². The SMILES string of the molecule is COCCC(C)(F)C(=O)C12CC3CC(CC(C3)C1)C2. The summed E-state index contributed by atoms with van der Waals surface area (Å²) in [5.74, 6) is 1.95. The quantitative estimate of drug-likeness (QED) is 0.762. The fourth-order valence-corrected chi connectivity index (χ4v) is 5.35. The molecule has 0 radical (unpaired) electrons. The zero-order valence-corrected chi connectivity index (χ0v) is 12.1. The second-order valence-electron chi connectivity index (χ2n) is 7.47. The summed E-state index contributed by atoms with van der Waals surface area (Å²) in [6, 6.07) is 0. The Bertz CT molecular complexity index is 340. The molecule has 4 bridgehead atoms. The molecule has 0 aromatic rings. The average Bonchev–Trinajstić information content (AvgIpc) is 2.34. The van der Waals surface area contributed by atoms with E-state index in [1.807, 2.05) is 0 Å². The van der Waals surface area contributed by atoms with E-state index in [-0.39, 0.29) is 17.6 Å². The van der Waals surface area contributed by atoms with Crippen molar-refractivity contribution in [3.63, 3.8) is 0 Å². The molecule has 4 saturated carbocycles. The highest BCUT2D eigenvalue weighted by Gasteiger charge is 2.58. The second kappa shape index (κ2) is 4.54. The van der Waals surface area contributed by atoms with Gasteiger partial charge < -0.3 is 4.74 Å². The first-order chi connectivity index (χ1) is 8.95. The molecule has 0 spiro atoms. The number of halogens is 1. The standard InChI is InChI=1S/C16H25FO2/c1-15(17,3-4-19-2)14(18)16-8-11-5-12(9-16)7-13(6-11)10-16/h11-13H,3-10H2,1-2H3. The van der Waals surface area contributed by atoms with E-state index in [2.05, 4.69) is 0 Å². The minimum atomic E-state index is -1.71.